The fourth-order valence-corrected chi connectivity index (χ4v) is 2.95. The Morgan fingerprint density at radius 3 is 2.52 bits per heavy atom. The lowest BCUT2D eigenvalue weighted by Crippen LogP contribution is -2.47. The van der Waals surface area contributed by atoms with Gasteiger partial charge in [-0.1, -0.05) is 36.4 Å². The van der Waals surface area contributed by atoms with Gasteiger partial charge in [-0.25, -0.2) is 9.78 Å². The topological polar surface area (TPSA) is 65.9 Å². The summed E-state index contributed by atoms with van der Waals surface area (Å²) in [5.41, 5.74) is 3.47. The third-order valence-corrected chi connectivity index (χ3v) is 4.55. The van der Waals surface area contributed by atoms with Gasteiger partial charge in [-0.15, -0.1) is 0 Å². The van der Waals surface area contributed by atoms with Crippen LogP contribution in [-0.2, 0) is 6.54 Å². The highest BCUT2D eigenvalue weighted by Gasteiger charge is 2.20. The molecule has 0 saturated carbocycles. The summed E-state index contributed by atoms with van der Waals surface area (Å²) in [4.78, 5) is 18.9. The van der Waals surface area contributed by atoms with Gasteiger partial charge in [0.25, 0.3) is 0 Å². The third-order valence-electron chi connectivity index (χ3n) is 4.55. The first-order chi connectivity index (χ1) is 13.1. The molecule has 0 spiro atoms. The molecule has 0 radical (unpaired) electrons. The van der Waals surface area contributed by atoms with E-state index in [1.165, 1.54) is 10.5 Å². The van der Waals surface area contributed by atoms with E-state index in [0.29, 0.717) is 25.6 Å². The van der Waals surface area contributed by atoms with Crippen molar-refractivity contribution < 1.29 is 14.6 Å². The van der Waals surface area contributed by atoms with Gasteiger partial charge >= 0.3 is 6.09 Å². The van der Waals surface area contributed by atoms with E-state index >= 15 is 0 Å². The number of benzene rings is 1. The number of carboxylic acid groups (broad SMARTS) is 1. The lowest BCUT2D eigenvalue weighted by Gasteiger charge is -2.33. The predicted octanol–water partition coefficient (Wildman–Crippen LogP) is 3.28. The van der Waals surface area contributed by atoms with Crippen LogP contribution < -0.4 is 4.74 Å². The van der Waals surface area contributed by atoms with Crippen LogP contribution in [0.1, 0.15) is 16.7 Å². The Kier molecular flexibility index (Phi) is 6.44. The van der Waals surface area contributed by atoms with Crippen LogP contribution in [-0.4, -0.2) is 58.8 Å². The van der Waals surface area contributed by atoms with Gasteiger partial charge in [0.05, 0.1) is 0 Å². The maximum atomic E-state index is 10.9. The lowest BCUT2D eigenvalue weighted by atomic mass is 10.1. The van der Waals surface area contributed by atoms with Gasteiger partial charge in [-0.05, 0) is 29.7 Å². The van der Waals surface area contributed by atoms with E-state index in [1.807, 2.05) is 31.2 Å². The average molecular weight is 367 g/mol. The molecule has 1 fully saturated rings. The fraction of sp³-hybridized carbons (Fsp3) is 0.333. The zero-order valence-corrected chi connectivity index (χ0v) is 15.5. The number of carbonyl (C=O) groups is 1. The van der Waals surface area contributed by atoms with Crippen molar-refractivity contribution in [2.45, 2.75) is 13.5 Å². The molecule has 6 heteroatoms. The molecule has 0 bridgehead atoms. The largest absolute Gasteiger partial charge is 0.473 e. The minimum Gasteiger partial charge on any atom is -0.473 e. The number of piperazine rings is 1. The van der Waals surface area contributed by atoms with Crippen LogP contribution in [0.3, 0.4) is 0 Å². The number of hydrogen-bond acceptors (Lipinski definition) is 4. The van der Waals surface area contributed by atoms with Crippen molar-refractivity contribution in [2.75, 3.05) is 32.8 Å². The van der Waals surface area contributed by atoms with Gasteiger partial charge in [-0.2, -0.15) is 0 Å². The number of amides is 1. The summed E-state index contributed by atoms with van der Waals surface area (Å²) in [6.07, 6.45) is 4.97. The van der Waals surface area contributed by atoms with Crippen LogP contribution in [0.4, 0.5) is 4.79 Å². The molecule has 1 N–H and O–H groups in total. The number of rotatable bonds is 6. The quantitative estimate of drug-likeness (QED) is 0.849. The summed E-state index contributed by atoms with van der Waals surface area (Å²) < 4.78 is 5.58. The van der Waals surface area contributed by atoms with E-state index < -0.39 is 6.09 Å². The molecule has 6 nitrogen and oxygen atoms in total. The minimum atomic E-state index is -0.826. The smallest absolute Gasteiger partial charge is 0.407 e. The number of ether oxygens (including phenoxy) is 1. The molecule has 0 aliphatic carbocycles. The Balaban J connectivity index is 1.43. The second kappa shape index (κ2) is 9.19. The first-order valence-electron chi connectivity index (χ1n) is 9.11. The molecule has 2 aromatic rings. The van der Waals surface area contributed by atoms with Gasteiger partial charge in [0.15, 0.2) is 0 Å². The van der Waals surface area contributed by atoms with Crippen molar-refractivity contribution in [1.82, 2.24) is 14.8 Å². The van der Waals surface area contributed by atoms with Crippen molar-refractivity contribution >= 4 is 12.2 Å². The molecule has 1 aliphatic heterocycles. The molecule has 1 amide bonds. The summed E-state index contributed by atoms with van der Waals surface area (Å²) in [5.74, 6) is 0.628. The van der Waals surface area contributed by atoms with Crippen LogP contribution in [0, 0.1) is 6.92 Å². The summed E-state index contributed by atoms with van der Waals surface area (Å²) in [6.45, 7) is 6.02. The molecule has 1 aromatic heterocycles. The number of hydrogen-bond donors (Lipinski definition) is 1. The lowest BCUT2D eigenvalue weighted by molar-refractivity contribution is 0.103. The SMILES string of the molecule is Cc1ccc(OC/C=C/c2ccc(CN3CCN(C(=O)O)CC3)cc2)nc1. The Morgan fingerprint density at radius 2 is 1.89 bits per heavy atom. The van der Waals surface area contributed by atoms with Crippen LogP contribution in [0.25, 0.3) is 6.08 Å². The fourth-order valence-electron chi connectivity index (χ4n) is 2.95. The Bertz CT molecular complexity index is 764. The minimum absolute atomic E-state index is 0.478. The molecular formula is C21H25N3O3. The highest BCUT2D eigenvalue weighted by atomic mass is 16.5. The van der Waals surface area contributed by atoms with Crippen molar-refractivity contribution in [2.24, 2.45) is 0 Å². The van der Waals surface area contributed by atoms with Gasteiger partial charge in [0.1, 0.15) is 6.61 Å². The molecule has 0 atom stereocenters. The maximum Gasteiger partial charge on any atom is 0.407 e. The van der Waals surface area contributed by atoms with Crippen molar-refractivity contribution in [3.05, 3.63) is 65.4 Å². The number of pyridine rings is 1. The van der Waals surface area contributed by atoms with Crippen LogP contribution in [0.5, 0.6) is 5.88 Å². The van der Waals surface area contributed by atoms with E-state index in [2.05, 4.69) is 34.1 Å². The van der Waals surface area contributed by atoms with Crippen molar-refractivity contribution in [3.63, 3.8) is 0 Å². The molecule has 3 rings (SSSR count). The maximum absolute atomic E-state index is 10.9. The zero-order chi connectivity index (χ0) is 19.1. The molecule has 142 valence electrons. The van der Waals surface area contributed by atoms with E-state index in [1.54, 1.807) is 6.20 Å². The molecule has 1 saturated heterocycles. The summed E-state index contributed by atoms with van der Waals surface area (Å²) in [5, 5.41) is 9.00. The molecular weight excluding hydrogens is 342 g/mol. The zero-order valence-electron chi connectivity index (χ0n) is 15.5. The summed E-state index contributed by atoms with van der Waals surface area (Å²) in [6, 6.07) is 12.3. The summed E-state index contributed by atoms with van der Waals surface area (Å²) >= 11 is 0. The normalized spacial score (nSPS) is 15.2. The van der Waals surface area contributed by atoms with E-state index in [0.717, 1.165) is 30.8 Å². The van der Waals surface area contributed by atoms with Gasteiger partial charge in [-0.3, -0.25) is 4.90 Å². The highest BCUT2D eigenvalue weighted by Crippen LogP contribution is 2.12. The van der Waals surface area contributed by atoms with Crippen LogP contribution in [0.2, 0.25) is 0 Å². The third kappa shape index (κ3) is 5.82. The Morgan fingerprint density at radius 1 is 1.15 bits per heavy atom. The van der Waals surface area contributed by atoms with Gasteiger partial charge in [0, 0.05) is 45.0 Å². The molecule has 1 aromatic carbocycles. The molecule has 1 aliphatic rings. The van der Waals surface area contributed by atoms with Gasteiger partial charge < -0.3 is 14.7 Å². The summed E-state index contributed by atoms with van der Waals surface area (Å²) in [7, 11) is 0. The number of aromatic nitrogens is 1. The van der Waals surface area contributed by atoms with E-state index in [9.17, 15) is 4.79 Å². The standard InChI is InChI=1S/C21H25N3O3/c1-17-4-9-20(22-15-17)27-14-2-3-18-5-7-19(8-6-18)16-23-10-12-24(13-11-23)21(25)26/h2-9,15H,10-14,16H2,1H3,(H,25,26)/b3-2+. The van der Waals surface area contributed by atoms with Crippen molar-refractivity contribution in [1.29, 1.82) is 0 Å². The van der Waals surface area contributed by atoms with Gasteiger partial charge in [0.2, 0.25) is 5.88 Å². The Labute approximate surface area is 159 Å². The first kappa shape index (κ1) is 18.9. The molecule has 2 heterocycles. The van der Waals surface area contributed by atoms with E-state index in [-0.39, 0.29) is 0 Å². The second-order valence-corrected chi connectivity index (χ2v) is 6.67. The monoisotopic (exact) mass is 367 g/mol. The van der Waals surface area contributed by atoms with E-state index in [4.69, 9.17) is 9.84 Å². The van der Waals surface area contributed by atoms with Crippen LogP contribution in [0.15, 0.2) is 48.7 Å². The second-order valence-electron chi connectivity index (χ2n) is 6.67. The average Bonchev–Trinajstić information content (AvgIpc) is 2.68. The van der Waals surface area contributed by atoms with Crippen molar-refractivity contribution in [3.8, 4) is 5.88 Å². The first-order valence-corrected chi connectivity index (χ1v) is 9.11. The number of aryl methyl sites for hydroxylation is 1. The highest BCUT2D eigenvalue weighted by molar-refractivity contribution is 5.65. The Hall–Kier alpha value is -2.86. The van der Waals surface area contributed by atoms with Crippen LogP contribution >= 0.6 is 0 Å². The molecule has 0 unspecified atom stereocenters. The molecule has 27 heavy (non-hydrogen) atoms. The number of nitrogens with zero attached hydrogens (tertiary/aromatic N) is 3. The predicted molar refractivity (Wildman–Crippen MR) is 105 cm³/mol.